The van der Waals surface area contributed by atoms with E-state index >= 15 is 0 Å². The Hall–Kier alpha value is -0.840. The third kappa shape index (κ3) is 3.56. The van der Waals surface area contributed by atoms with E-state index in [1.165, 1.54) is 5.69 Å². The van der Waals surface area contributed by atoms with E-state index < -0.39 is 0 Å². The third-order valence-corrected chi connectivity index (χ3v) is 3.28. The first-order valence-electron chi connectivity index (χ1n) is 6.34. The Labute approximate surface area is 103 Å². The molecule has 4 heteroatoms. The van der Waals surface area contributed by atoms with E-state index in [1.807, 2.05) is 12.3 Å². The number of hydrogen-bond donors (Lipinski definition) is 3. The van der Waals surface area contributed by atoms with Gasteiger partial charge in [-0.05, 0) is 12.1 Å². The smallest absolute Gasteiger partial charge is 0.0632 e. The molecule has 0 amide bonds. The van der Waals surface area contributed by atoms with E-state index in [0.29, 0.717) is 6.04 Å². The fraction of sp³-hybridized carbons (Fsp3) is 0.692. The summed E-state index contributed by atoms with van der Waals surface area (Å²) in [5, 5.41) is 6.97. The van der Waals surface area contributed by atoms with Crippen molar-refractivity contribution in [1.82, 2.24) is 15.6 Å². The van der Waals surface area contributed by atoms with E-state index in [1.54, 1.807) is 0 Å². The molecule has 1 atom stereocenters. The molecular formula is C13H23N3O. The SMILES string of the molecule is CC(C)(CNCC1COCCN1)c1ccc[nH]1. The maximum atomic E-state index is 5.43. The number of aromatic amines is 1. The molecule has 0 radical (unpaired) electrons. The summed E-state index contributed by atoms with van der Waals surface area (Å²) >= 11 is 0. The van der Waals surface area contributed by atoms with E-state index in [9.17, 15) is 0 Å². The van der Waals surface area contributed by atoms with Gasteiger partial charge in [-0.15, -0.1) is 0 Å². The van der Waals surface area contributed by atoms with Gasteiger partial charge >= 0.3 is 0 Å². The van der Waals surface area contributed by atoms with Crippen molar-refractivity contribution in [3.8, 4) is 0 Å². The van der Waals surface area contributed by atoms with Gasteiger partial charge in [-0.2, -0.15) is 0 Å². The Morgan fingerprint density at radius 1 is 1.53 bits per heavy atom. The predicted octanol–water partition coefficient (Wildman–Crippen LogP) is 0.870. The molecule has 0 saturated carbocycles. The molecule has 0 bridgehead atoms. The molecule has 4 nitrogen and oxygen atoms in total. The average Bonchev–Trinajstić information content (AvgIpc) is 2.84. The second-order valence-electron chi connectivity index (χ2n) is 5.32. The Bertz CT molecular complexity index is 315. The molecule has 0 aromatic carbocycles. The fourth-order valence-corrected chi connectivity index (χ4v) is 2.16. The van der Waals surface area contributed by atoms with Crippen molar-refractivity contribution in [2.24, 2.45) is 0 Å². The first-order valence-corrected chi connectivity index (χ1v) is 6.34. The van der Waals surface area contributed by atoms with Crippen LogP contribution in [0.1, 0.15) is 19.5 Å². The number of hydrogen-bond acceptors (Lipinski definition) is 3. The van der Waals surface area contributed by atoms with Crippen LogP contribution in [0.3, 0.4) is 0 Å². The van der Waals surface area contributed by atoms with Crippen molar-refractivity contribution in [3.05, 3.63) is 24.0 Å². The van der Waals surface area contributed by atoms with Gasteiger partial charge in [0.2, 0.25) is 0 Å². The van der Waals surface area contributed by atoms with Crippen LogP contribution >= 0.6 is 0 Å². The van der Waals surface area contributed by atoms with Crippen molar-refractivity contribution in [3.63, 3.8) is 0 Å². The first-order chi connectivity index (χ1) is 8.18. The maximum absolute atomic E-state index is 5.43. The molecular weight excluding hydrogens is 214 g/mol. The third-order valence-electron chi connectivity index (χ3n) is 3.28. The van der Waals surface area contributed by atoms with Crippen molar-refractivity contribution in [1.29, 1.82) is 0 Å². The summed E-state index contributed by atoms with van der Waals surface area (Å²) in [4.78, 5) is 3.29. The zero-order chi connectivity index (χ0) is 12.1. The molecule has 1 saturated heterocycles. The van der Waals surface area contributed by atoms with Crippen LogP contribution < -0.4 is 10.6 Å². The van der Waals surface area contributed by atoms with Gasteiger partial charge in [0.15, 0.2) is 0 Å². The summed E-state index contributed by atoms with van der Waals surface area (Å²) in [6.07, 6.45) is 1.98. The number of rotatable bonds is 5. The molecule has 1 aromatic heterocycles. The van der Waals surface area contributed by atoms with Crippen molar-refractivity contribution < 1.29 is 4.74 Å². The standard InChI is InChI=1S/C13H23N3O/c1-13(2,12-4-3-5-16-12)10-14-8-11-9-17-7-6-15-11/h3-5,11,14-16H,6-10H2,1-2H3. The van der Waals surface area contributed by atoms with Crippen LogP contribution in [0.25, 0.3) is 0 Å². The summed E-state index contributed by atoms with van der Waals surface area (Å²) in [5.41, 5.74) is 1.41. The van der Waals surface area contributed by atoms with E-state index in [0.717, 1.165) is 32.8 Å². The zero-order valence-corrected chi connectivity index (χ0v) is 10.8. The molecule has 1 unspecified atom stereocenters. The summed E-state index contributed by atoms with van der Waals surface area (Å²) in [5.74, 6) is 0. The minimum absolute atomic E-state index is 0.138. The number of ether oxygens (including phenoxy) is 1. The van der Waals surface area contributed by atoms with Gasteiger partial charge in [0.05, 0.1) is 13.2 Å². The van der Waals surface area contributed by atoms with Crippen LogP contribution in [-0.2, 0) is 10.2 Å². The second-order valence-corrected chi connectivity index (χ2v) is 5.32. The monoisotopic (exact) mass is 237 g/mol. The largest absolute Gasteiger partial charge is 0.378 e. The quantitative estimate of drug-likeness (QED) is 0.712. The van der Waals surface area contributed by atoms with Gasteiger partial charge in [0.1, 0.15) is 0 Å². The van der Waals surface area contributed by atoms with E-state index in [2.05, 4.69) is 35.5 Å². The minimum atomic E-state index is 0.138. The summed E-state index contributed by atoms with van der Waals surface area (Å²) in [6.45, 7) is 9.04. The summed E-state index contributed by atoms with van der Waals surface area (Å²) in [7, 11) is 0. The summed E-state index contributed by atoms with van der Waals surface area (Å²) < 4.78 is 5.43. The van der Waals surface area contributed by atoms with Crippen LogP contribution in [-0.4, -0.2) is 43.9 Å². The van der Waals surface area contributed by atoms with Gasteiger partial charge in [-0.25, -0.2) is 0 Å². The number of morpholine rings is 1. The molecule has 96 valence electrons. The summed E-state index contributed by atoms with van der Waals surface area (Å²) in [6, 6.07) is 4.64. The van der Waals surface area contributed by atoms with Crippen LogP contribution in [0.5, 0.6) is 0 Å². The highest BCUT2D eigenvalue weighted by Gasteiger charge is 2.21. The molecule has 3 N–H and O–H groups in total. The normalized spacial score (nSPS) is 21.6. The maximum Gasteiger partial charge on any atom is 0.0632 e. The number of aromatic nitrogens is 1. The van der Waals surface area contributed by atoms with E-state index in [-0.39, 0.29) is 5.41 Å². The highest BCUT2D eigenvalue weighted by molar-refractivity contribution is 5.15. The van der Waals surface area contributed by atoms with Crippen LogP contribution in [0.2, 0.25) is 0 Å². The minimum Gasteiger partial charge on any atom is -0.378 e. The number of nitrogens with one attached hydrogen (secondary N) is 3. The lowest BCUT2D eigenvalue weighted by Crippen LogP contribution is -2.48. The van der Waals surface area contributed by atoms with Crippen molar-refractivity contribution in [2.75, 3.05) is 32.8 Å². The highest BCUT2D eigenvalue weighted by Crippen LogP contribution is 2.19. The Kier molecular flexibility index (Phi) is 4.20. The Morgan fingerprint density at radius 2 is 2.41 bits per heavy atom. The van der Waals surface area contributed by atoms with Crippen LogP contribution in [0, 0.1) is 0 Å². The van der Waals surface area contributed by atoms with E-state index in [4.69, 9.17) is 4.74 Å². The molecule has 1 aliphatic heterocycles. The lowest BCUT2D eigenvalue weighted by Gasteiger charge is -2.28. The zero-order valence-electron chi connectivity index (χ0n) is 10.8. The molecule has 1 fully saturated rings. The van der Waals surface area contributed by atoms with Crippen LogP contribution in [0.15, 0.2) is 18.3 Å². The molecule has 0 aliphatic carbocycles. The topological polar surface area (TPSA) is 49.1 Å². The Morgan fingerprint density at radius 3 is 3.06 bits per heavy atom. The molecule has 17 heavy (non-hydrogen) atoms. The van der Waals surface area contributed by atoms with Gasteiger partial charge in [0, 0.05) is 43.0 Å². The lowest BCUT2D eigenvalue weighted by molar-refractivity contribution is 0.0763. The molecule has 2 heterocycles. The van der Waals surface area contributed by atoms with Gasteiger partial charge in [-0.1, -0.05) is 13.8 Å². The average molecular weight is 237 g/mol. The number of H-pyrrole nitrogens is 1. The first kappa shape index (κ1) is 12.6. The molecule has 2 rings (SSSR count). The van der Waals surface area contributed by atoms with Gasteiger partial charge < -0.3 is 20.4 Å². The highest BCUT2D eigenvalue weighted by atomic mass is 16.5. The van der Waals surface area contributed by atoms with Gasteiger partial charge in [0.25, 0.3) is 0 Å². The molecule has 0 spiro atoms. The Balaban J connectivity index is 1.74. The van der Waals surface area contributed by atoms with Crippen molar-refractivity contribution in [2.45, 2.75) is 25.3 Å². The van der Waals surface area contributed by atoms with Crippen LogP contribution in [0.4, 0.5) is 0 Å². The molecule has 1 aromatic rings. The van der Waals surface area contributed by atoms with Gasteiger partial charge in [-0.3, -0.25) is 0 Å². The lowest BCUT2D eigenvalue weighted by atomic mass is 9.89. The second kappa shape index (κ2) is 5.67. The fourth-order valence-electron chi connectivity index (χ4n) is 2.16. The predicted molar refractivity (Wildman–Crippen MR) is 69.3 cm³/mol. The van der Waals surface area contributed by atoms with Crippen molar-refractivity contribution >= 4 is 0 Å². The molecule has 1 aliphatic rings.